The van der Waals surface area contributed by atoms with E-state index in [1.54, 1.807) is 0 Å². The Labute approximate surface area is 122 Å². The molecule has 0 atom stereocenters. The van der Waals surface area contributed by atoms with Crippen molar-refractivity contribution >= 4 is 31.9 Å². The molecule has 1 fully saturated rings. The summed E-state index contributed by atoms with van der Waals surface area (Å²) in [7, 11) is -3.01. The Morgan fingerprint density at radius 2 is 2.00 bits per heavy atom. The first-order valence-electron chi connectivity index (χ1n) is 5.62. The highest BCUT2D eigenvalue weighted by Gasteiger charge is 2.35. The zero-order valence-corrected chi connectivity index (χ0v) is 12.8. The number of hydrogen-bond donors (Lipinski definition) is 1. The molecule has 1 amide bonds. The molecule has 1 aromatic rings. The van der Waals surface area contributed by atoms with E-state index in [1.807, 2.05) is 0 Å². The van der Waals surface area contributed by atoms with E-state index in [-0.39, 0.29) is 10.5 Å². The molecule has 0 spiro atoms. The van der Waals surface area contributed by atoms with Crippen molar-refractivity contribution in [3.8, 4) is 0 Å². The minimum absolute atomic E-state index is 0.0668. The molecular formula is C11H11BrF2N2O3S. The Morgan fingerprint density at radius 1 is 1.45 bits per heavy atom. The average Bonchev–Trinajstić information content (AvgIpc) is 3.08. The predicted molar refractivity (Wildman–Crippen MR) is 70.5 cm³/mol. The van der Waals surface area contributed by atoms with Crippen molar-refractivity contribution in [1.82, 2.24) is 4.90 Å². The molecule has 1 aliphatic carbocycles. The molecular weight excluding hydrogens is 358 g/mol. The number of amides is 1. The Bertz CT molecular complexity index is 689. The quantitative estimate of drug-likeness (QED) is 0.879. The second kappa shape index (κ2) is 5.05. The highest BCUT2D eigenvalue weighted by molar-refractivity contribution is 9.10. The number of nitrogens with two attached hydrogens (primary N) is 1. The molecule has 1 aromatic carbocycles. The van der Waals surface area contributed by atoms with Crippen LogP contribution in [0.5, 0.6) is 0 Å². The molecule has 0 saturated heterocycles. The van der Waals surface area contributed by atoms with Crippen LogP contribution in [-0.4, -0.2) is 32.3 Å². The normalized spacial score (nSPS) is 15.2. The molecule has 20 heavy (non-hydrogen) atoms. The molecule has 0 bridgehead atoms. The fraction of sp³-hybridized carbons (Fsp3) is 0.364. The van der Waals surface area contributed by atoms with Crippen molar-refractivity contribution in [3.05, 3.63) is 27.7 Å². The Hall–Kier alpha value is -1.06. The standard InChI is InChI=1S/C11H11BrF2N2O3S/c1-16(5-2-3-5)11(17)8-7(13)4-6(12)10(9(8)14)20(15,18)19/h4-5H,2-3H2,1H3,(H2,15,18,19). The highest BCUT2D eigenvalue weighted by Crippen LogP contribution is 2.32. The van der Waals surface area contributed by atoms with Crippen molar-refractivity contribution in [3.63, 3.8) is 0 Å². The molecule has 1 saturated carbocycles. The lowest BCUT2D eigenvalue weighted by Gasteiger charge is -2.18. The van der Waals surface area contributed by atoms with Gasteiger partial charge in [-0.05, 0) is 34.8 Å². The molecule has 5 nitrogen and oxygen atoms in total. The summed E-state index contributed by atoms with van der Waals surface area (Å²) >= 11 is 2.73. The first kappa shape index (κ1) is 15.3. The first-order valence-corrected chi connectivity index (χ1v) is 7.96. The minimum atomic E-state index is -4.43. The zero-order chi connectivity index (χ0) is 15.2. The van der Waals surface area contributed by atoms with Crippen LogP contribution in [0.1, 0.15) is 23.2 Å². The van der Waals surface area contributed by atoms with Crippen LogP contribution in [0.2, 0.25) is 0 Å². The first-order chi connectivity index (χ1) is 9.14. The molecule has 0 radical (unpaired) electrons. The van der Waals surface area contributed by atoms with Crippen LogP contribution in [0.4, 0.5) is 8.78 Å². The number of nitrogens with zero attached hydrogens (tertiary/aromatic N) is 1. The lowest BCUT2D eigenvalue weighted by Crippen LogP contribution is -2.31. The van der Waals surface area contributed by atoms with Gasteiger partial charge in [-0.1, -0.05) is 0 Å². The van der Waals surface area contributed by atoms with Crippen LogP contribution in [0.15, 0.2) is 15.4 Å². The fourth-order valence-corrected chi connectivity index (χ4v) is 3.57. The van der Waals surface area contributed by atoms with Gasteiger partial charge in [0.25, 0.3) is 5.91 Å². The monoisotopic (exact) mass is 368 g/mol. The second-order valence-corrected chi connectivity index (χ2v) is 6.90. The van der Waals surface area contributed by atoms with Crippen molar-refractivity contribution in [2.75, 3.05) is 7.05 Å². The van der Waals surface area contributed by atoms with E-state index in [9.17, 15) is 22.0 Å². The predicted octanol–water partition coefficient (Wildman–Crippen LogP) is 1.61. The van der Waals surface area contributed by atoms with Crippen LogP contribution in [-0.2, 0) is 10.0 Å². The van der Waals surface area contributed by atoms with Gasteiger partial charge in [-0.3, -0.25) is 4.79 Å². The molecule has 0 aromatic heterocycles. The van der Waals surface area contributed by atoms with Crippen LogP contribution in [0.25, 0.3) is 0 Å². The fourth-order valence-electron chi connectivity index (χ4n) is 1.83. The molecule has 2 rings (SSSR count). The average molecular weight is 369 g/mol. The minimum Gasteiger partial charge on any atom is -0.339 e. The number of sulfonamides is 1. The van der Waals surface area contributed by atoms with E-state index in [0.29, 0.717) is 0 Å². The van der Waals surface area contributed by atoms with E-state index in [0.717, 1.165) is 18.9 Å². The number of carbonyl (C=O) groups is 1. The number of halogens is 3. The van der Waals surface area contributed by atoms with E-state index >= 15 is 0 Å². The van der Waals surface area contributed by atoms with Crippen LogP contribution < -0.4 is 5.14 Å². The van der Waals surface area contributed by atoms with Crippen LogP contribution in [0.3, 0.4) is 0 Å². The van der Waals surface area contributed by atoms with E-state index in [2.05, 4.69) is 15.9 Å². The van der Waals surface area contributed by atoms with Gasteiger partial charge in [-0.15, -0.1) is 0 Å². The van der Waals surface area contributed by atoms with Gasteiger partial charge in [0.05, 0.1) is 0 Å². The van der Waals surface area contributed by atoms with Gasteiger partial charge in [0, 0.05) is 17.6 Å². The zero-order valence-electron chi connectivity index (χ0n) is 10.4. The summed E-state index contributed by atoms with van der Waals surface area (Å²) in [5.41, 5.74) is -0.911. The molecule has 110 valence electrons. The lowest BCUT2D eigenvalue weighted by atomic mass is 10.1. The number of carbonyl (C=O) groups excluding carboxylic acids is 1. The number of primary sulfonamides is 1. The summed E-state index contributed by atoms with van der Waals surface area (Å²) in [6.45, 7) is 0. The largest absolute Gasteiger partial charge is 0.339 e. The smallest absolute Gasteiger partial charge is 0.259 e. The summed E-state index contributed by atoms with van der Waals surface area (Å²) in [5.74, 6) is -3.52. The third-order valence-electron chi connectivity index (χ3n) is 3.04. The third kappa shape index (κ3) is 2.70. The van der Waals surface area contributed by atoms with Crippen molar-refractivity contribution in [2.24, 2.45) is 5.14 Å². The summed E-state index contributed by atoms with van der Waals surface area (Å²) in [5, 5.41) is 4.88. The molecule has 0 unspecified atom stereocenters. The van der Waals surface area contributed by atoms with Gasteiger partial charge in [0.15, 0.2) is 5.82 Å². The molecule has 2 N–H and O–H groups in total. The lowest BCUT2D eigenvalue weighted by molar-refractivity contribution is 0.0774. The summed E-state index contributed by atoms with van der Waals surface area (Å²) < 4.78 is 50.3. The van der Waals surface area contributed by atoms with Gasteiger partial charge < -0.3 is 4.90 Å². The highest BCUT2D eigenvalue weighted by atomic mass is 79.9. The van der Waals surface area contributed by atoms with Crippen molar-refractivity contribution in [1.29, 1.82) is 0 Å². The van der Waals surface area contributed by atoms with Crippen LogP contribution in [0, 0.1) is 11.6 Å². The maximum Gasteiger partial charge on any atom is 0.259 e. The second-order valence-electron chi connectivity index (χ2n) is 4.55. The molecule has 0 aliphatic heterocycles. The Kier molecular flexibility index (Phi) is 3.87. The maximum absolute atomic E-state index is 14.2. The Morgan fingerprint density at radius 3 is 2.45 bits per heavy atom. The van der Waals surface area contributed by atoms with Gasteiger partial charge in [0.1, 0.15) is 16.3 Å². The number of benzene rings is 1. The van der Waals surface area contributed by atoms with Crippen molar-refractivity contribution < 1.29 is 22.0 Å². The molecule has 1 aliphatic rings. The van der Waals surface area contributed by atoms with E-state index < -0.39 is 38.0 Å². The van der Waals surface area contributed by atoms with E-state index in [4.69, 9.17) is 5.14 Å². The van der Waals surface area contributed by atoms with Gasteiger partial charge in [-0.25, -0.2) is 22.3 Å². The summed E-state index contributed by atoms with van der Waals surface area (Å²) in [6, 6.07) is 0.652. The Balaban J connectivity index is 2.61. The number of rotatable bonds is 3. The van der Waals surface area contributed by atoms with Gasteiger partial charge in [-0.2, -0.15) is 0 Å². The molecule has 9 heteroatoms. The van der Waals surface area contributed by atoms with Crippen molar-refractivity contribution in [2.45, 2.75) is 23.8 Å². The molecule has 0 heterocycles. The number of hydrogen-bond acceptors (Lipinski definition) is 3. The maximum atomic E-state index is 14.2. The van der Waals surface area contributed by atoms with Gasteiger partial charge in [0.2, 0.25) is 10.0 Å². The summed E-state index contributed by atoms with van der Waals surface area (Å²) in [4.78, 5) is 12.3. The van der Waals surface area contributed by atoms with E-state index in [1.165, 1.54) is 11.9 Å². The topological polar surface area (TPSA) is 80.5 Å². The third-order valence-corrected chi connectivity index (χ3v) is 4.90. The van der Waals surface area contributed by atoms with Crippen LogP contribution >= 0.6 is 15.9 Å². The summed E-state index contributed by atoms with van der Waals surface area (Å²) in [6.07, 6.45) is 1.51. The van der Waals surface area contributed by atoms with Gasteiger partial charge >= 0.3 is 0 Å². The SMILES string of the molecule is CN(C(=O)c1c(F)cc(Br)c(S(N)(=O)=O)c1F)C1CC1.